The van der Waals surface area contributed by atoms with Crippen molar-refractivity contribution in [1.29, 1.82) is 0 Å². The van der Waals surface area contributed by atoms with Crippen molar-refractivity contribution in [3.8, 4) is 0 Å². The van der Waals surface area contributed by atoms with Gasteiger partial charge in [0.2, 0.25) is 23.6 Å². The summed E-state index contributed by atoms with van der Waals surface area (Å²) in [5.74, 6) is -2.81. The predicted molar refractivity (Wildman–Crippen MR) is 216 cm³/mol. The molecule has 0 aliphatic carbocycles. The van der Waals surface area contributed by atoms with Crippen molar-refractivity contribution in [2.45, 2.75) is 39.3 Å². The Morgan fingerprint density at radius 2 is 1.02 bits per heavy atom. The minimum atomic E-state index is -0.846. The average Bonchev–Trinajstić information content (AvgIpc) is 3.56. The number of benzene rings is 1. The standard InChI is InChI=1S/C40H61N5O16/c1-31(40(52)44-34-5-3-33(4-6-34)30-61-32(2)46)43-37(49)29-42-36(48)10-13-53-15-17-55-19-21-57-23-25-59-27-28-60-26-24-58-22-20-56-18-16-54-14-11-41-35(47)9-12-45-38(50)7-8-39(45)51/h3-8,31H,9-30H2,1-2H3,(H,41,47)(H,42,48)(H,43,49)(H,44,52)/t31-/m0/s1. The third kappa shape index (κ3) is 27.6. The molecule has 0 bridgehead atoms. The number of hydrogen-bond acceptors (Lipinski definition) is 16. The molecule has 0 aromatic heterocycles. The van der Waals surface area contributed by atoms with E-state index in [1.807, 2.05) is 0 Å². The van der Waals surface area contributed by atoms with Crippen molar-refractivity contribution in [3.05, 3.63) is 42.0 Å². The van der Waals surface area contributed by atoms with Gasteiger partial charge in [0.1, 0.15) is 12.6 Å². The van der Waals surface area contributed by atoms with Crippen molar-refractivity contribution in [3.63, 3.8) is 0 Å². The Kier molecular flexibility index (Phi) is 29.0. The topological polar surface area (TPSA) is 254 Å². The van der Waals surface area contributed by atoms with Crippen LogP contribution in [0.15, 0.2) is 36.4 Å². The second-order valence-corrected chi connectivity index (χ2v) is 12.9. The summed E-state index contributed by atoms with van der Waals surface area (Å²) in [5.41, 5.74) is 1.27. The molecule has 342 valence electrons. The van der Waals surface area contributed by atoms with Gasteiger partial charge in [0, 0.05) is 50.7 Å². The highest BCUT2D eigenvalue weighted by molar-refractivity contribution is 6.13. The lowest BCUT2D eigenvalue weighted by Crippen LogP contribution is -2.46. The Bertz CT molecular complexity index is 1480. The van der Waals surface area contributed by atoms with Crippen LogP contribution in [0.25, 0.3) is 0 Å². The van der Waals surface area contributed by atoms with E-state index >= 15 is 0 Å². The van der Waals surface area contributed by atoms with Gasteiger partial charge in [-0.3, -0.25) is 38.5 Å². The lowest BCUT2D eigenvalue weighted by molar-refractivity contribution is -0.142. The molecule has 0 unspecified atom stereocenters. The molecule has 1 aliphatic heterocycles. The number of rotatable bonds is 37. The van der Waals surface area contributed by atoms with E-state index in [0.717, 1.165) is 10.5 Å². The van der Waals surface area contributed by atoms with Gasteiger partial charge in [-0.25, -0.2) is 0 Å². The molecule has 2 rings (SSSR count). The highest BCUT2D eigenvalue weighted by Crippen LogP contribution is 2.11. The van der Waals surface area contributed by atoms with Gasteiger partial charge in [-0.05, 0) is 24.6 Å². The first-order valence-electron chi connectivity index (χ1n) is 20.1. The Labute approximate surface area is 355 Å². The highest BCUT2D eigenvalue weighted by Gasteiger charge is 2.23. The summed E-state index contributed by atoms with van der Waals surface area (Å²) >= 11 is 0. The fourth-order valence-corrected chi connectivity index (χ4v) is 4.77. The quantitative estimate of drug-likeness (QED) is 0.0365. The Hall–Kier alpha value is -4.87. The lowest BCUT2D eigenvalue weighted by atomic mass is 10.2. The van der Waals surface area contributed by atoms with Crippen molar-refractivity contribution in [1.82, 2.24) is 20.9 Å². The summed E-state index contributed by atoms with van der Waals surface area (Å²) in [5, 5.41) is 10.4. The summed E-state index contributed by atoms with van der Waals surface area (Å²) in [4.78, 5) is 83.3. The van der Waals surface area contributed by atoms with Crippen LogP contribution >= 0.6 is 0 Å². The maximum atomic E-state index is 12.4. The summed E-state index contributed by atoms with van der Waals surface area (Å²) < 4.78 is 48.4. The molecule has 0 radical (unpaired) electrons. The van der Waals surface area contributed by atoms with Crippen molar-refractivity contribution >= 4 is 47.1 Å². The number of hydrogen-bond donors (Lipinski definition) is 4. The monoisotopic (exact) mass is 867 g/mol. The van der Waals surface area contributed by atoms with E-state index < -0.39 is 29.7 Å². The highest BCUT2D eigenvalue weighted by atomic mass is 16.6. The van der Waals surface area contributed by atoms with E-state index in [4.69, 9.17) is 42.6 Å². The molecular formula is C40H61N5O16. The first-order chi connectivity index (χ1) is 29.5. The van der Waals surface area contributed by atoms with Crippen LogP contribution in [0.3, 0.4) is 0 Å². The van der Waals surface area contributed by atoms with Gasteiger partial charge in [0.15, 0.2) is 0 Å². The van der Waals surface area contributed by atoms with Gasteiger partial charge in [0.25, 0.3) is 11.8 Å². The van der Waals surface area contributed by atoms with Crippen LogP contribution in [0.2, 0.25) is 0 Å². The van der Waals surface area contributed by atoms with E-state index in [1.54, 1.807) is 24.3 Å². The zero-order chi connectivity index (χ0) is 44.3. The Balaban J connectivity index is 1.25. The zero-order valence-corrected chi connectivity index (χ0v) is 35.1. The number of amides is 6. The summed E-state index contributed by atoms with van der Waals surface area (Å²) in [7, 11) is 0. The molecule has 0 fully saturated rings. The second kappa shape index (κ2) is 33.8. The van der Waals surface area contributed by atoms with E-state index in [1.165, 1.54) is 26.0 Å². The molecule has 0 saturated heterocycles. The van der Waals surface area contributed by atoms with Crippen LogP contribution in [-0.4, -0.2) is 178 Å². The number of ether oxygens (including phenoxy) is 9. The molecule has 21 heteroatoms. The molecule has 1 aliphatic rings. The molecule has 21 nitrogen and oxygen atoms in total. The van der Waals surface area contributed by atoms with Crippen LogP contribution in [0, 0.1) is 0 Å². The molecule has 6 amide bonds. The van der Waals surface area contributed by atoms with Gasteiger partial charge in [-0.1, -0.05) is 12.1 Å². The molecule has 1 aromatic carbocycles. The van der Waals surface area contributed by atoms with Gasteiger partial charge < -0.3 is 63.9 Å². The molecule has 0 spiro atoms. The fourth-order valence-electron chi connectivity index (χ4n) is 4.77. The summed E-state index contributed by atoms with van der Waals surface area (Å²) in [6, 6.07) is 5.88. The molecular weight excluding hydrogens is 806 g/mol. The van der Waals surface area contributed by atoms with Crippen LogP contribution in [0.4, 0.5) is 5.69 Å². The summed E-state index contributed by atoms with van der Waals surface area (Å²) in [6.45, 7) is 8.96. The normalized spacial score (nSPS) is 12.7. The van der Waals surface area contributed by atoms with Crippen LogP contribution in [-0.2, 0) is 82.8 Å². The van der Waals surface area contributed by atoms with Crippen LogP contribution in [0.5, 0.6) is 0 Å². The van der Waals surface area contributed by atoms with E-state index in [2.05, 4.69) is 21.3 Å². The molecule has 1 heterocycles. The van der Waals surface area contributed by atoms with Crippen LogP contribution < -0.4 is 21.3 Å². The Morgan fingerprint density at radius 3 is 1.49 bits per heavy atom. The number of anilines is 1. The van der Waals surface area contributed by atoms with Crippen molar-refractivity contribution < 1.29 is 76.2 Å². The van der Waals surface area contributed by atoms with Gasteiger partial charge in [0.05, 0.1) is 112 Å². The van der Waals surface area contributed by atoms with E-state index in [-0.39, 0.29) is 63.5 Å². The van der Waals surface area contributed by atoms with Gasteiger partial charge in [-0.15, -0.1) is 0 Å². The van der Waals surface area contributed by atoms with E-state index in [0.29, 0.717) is 105 Å². The van der Waals surface area contributed by atoms with Gasteiger partial charge >= 0.3 is 5.97 Å². The number of carbonyl (C=O) groups is 7. The number of nitrogens with zero attached hydrogens (tertiary/aromatic N) is 1. The lowest BCUT2D eigenvalue weighted by Gasteiger charge is -2.15. The third-order valence-electron chi connectivity index (χ3n) is 7.99. The van der Waals surface area contributed by atoms with Crippen molar-refractivity contribution in [2.24, 2.45) is 0 Å². The molecule has 61 heavy (non-hydrogen) atoms. The fraction of sp³-hybridized carbons (Fsp3) is 0.625. The number of nitrogens with one attached hydrogen (secondary N) is 4. The molecule has 1 aromatic rings. The first-order valence-corrected chi connectivity index (χ1v) is 20.1. The zero-order valence-electron chi connectivity index (χ0n) is 35.1. The maximum Gasteiger partial charge on any atom is 0.302 e. The molecule has 4 N–H and O–H groups in total. The number of esters is 1. The molecule has 0 saturated carbocycles. The Morgan fingerprint density at radius 1 is 0.574 bits per heavy atom. The minimum Gasteiger partial charge on any atom is -0.461 e. The minimum absolute atomic E-state index is 0.0363. The smallest absolute Gasteiger partial charge is 0.302 e. The van der Waals surface area contributed by atoms with E-state index in [9.17, 15) is 33.6 Å². The largest absolute Gasteiger partial charge is 0.461 e. The maximum absolute atomic E-state index is 12.4. The predicted octanol–water partition coefficient (Wildman–Crippen LogP) is -0.737. The molecule has 1 atom stereocenters. The SMILES string of the molecule is CC(=O)OCc1ccc(NC(=O)[C@H](C)NC(=O)CNC(=O)CCOCCOCCOCCOCCOCCOCCOCCOCCNC(=O)CCN2C(=O)C=CC2=O)cc1. The second-order valence-electron chi connectivity index (χ2n) is 12.9. The number of imide groups is 1. The van der Waals surface area contributed by atoms with Crippen molar-refractivity contribution in [2.75, 3.05) is 131 Å². The van der Waals surface area contributed by atoms with Crippen LogP contribution in [0.1, 0.15) is 32.3 Å². The number of carbonyl (C=O) groups excluding carboxylic acids is 7. The average molecular weight is 868 g/mol. The third-order valence-corrected chi connectivity index (χ3v) is 7.99. The summed E-state index contributed by atoms with van der Waals surface area (Å²) in [6.07, 6.45) is 2.46. The first kappa shape index (κ1) is 52.3. The van der Waals surface area contributed by atoms with Gasteiger partial charge in [-0.2, -0.15) is 0 Å².